The minimum absolute atomic E-state index is 0.0323. The first-order valence-electron chi connectivity index (χ1n) is 8.60. The van der Waals surface area contributed by atoms with Crippen molar-refractivity contribution in [3.8, 4) is 5.75 Å². The van der Waals surface area contributed by atoms with E-state index in [9.17, 15) is 4.79 Å². The Morgan fingerprint density at radius 3 is 2.46 bits per heavy atom. The predicted octanol–water partition coefficient (Wildman–Crippen LogP) is 3.24. The molecule has 0 bridgehead atoms. The van der Waals surface area contributed by atoms with Crippen molar-refractivity contribution < 1.29 is 9.53 Å². The molecule has 2 aromatic carbocycles. The highest BCUT2D eigenvalue weighted by molar-refractivity contribution is 5.75. The summed E-state index contributed by atoms with van der Waals surface area (Å²) in [7, 11) is 0. The fraction of sp³-hybridized carbons (Fsp3) is 0.350. The Balaban J connectivity index is 1.24. The first-order valence-corrected chi connectivity index (χ1v) is 8.60. The number of urea groups is 1. The molecule has 2 aliphatic rings. The van der Waals surface area contributed by atoms with E-state index in [0.717, 1.165) is 30.6 Å². The van der Waals surface area contributed by atoms with Crippen molar-refractivity contribution in [3.63, 3.8) is 0 Å². The second-order valence-electron chi connectivity index (χ2n) is 6.71. The molecule has 0 saturated heterocycles. The van der Waals surface area contributed by atoms with Crippen molar-refractivity contribution in [3.05, 3.63) is 65.7 Å². The normalized spacial score (nSPS) is 24.9. The highest BCUT2D eigenvalue weighted by Gasteiger charge is 2.31. The predicted molar refractivity (Wildman–Crippen MR) is 93.3 cm³/mol. The van der Waals surface area contributed by atoms with Gasteiger partial charge < -0.3 is 15.4 Å². The Hall–Kier alpha value is -2.49. The standard InChI is InChI=1S/C20H22N2O2/c23-20(21-17-11-16(12-17)14-6-2-1-3-7-14)22-18-10-15-8-4-5-9-19(15)24-13-18/h1-9,16-18H,10-13H2,(H2,21,22,23). The van der Waals surface area contributed by atoms with Crippen LogP contribution in [-0.2, 0) is 6.42 Å². The van der Waals surface area contributed by atoms with Crippen LogP contribution in [0.2, 0.25) is 0 Å². The summed E-state index contributed by atoms with van der Waals surface area (Å²) < 4.78 is 5.71. The number of amides is 2. The molecule has 1 saturated carbocycles. The number of para-hydroxylation sites is 1. The molecule has 1 aliphatic carbocycles. The van der Waals surface area contributed by atoms with Crippen molar-refractivity contribution in [1.82, 2.24) is 10.6 Å². The lowest BCUT2D eigenvalue weighted by Crippen LogP contribution is -2.52. The number of rotatable bonds is 3. The zero-order valence-corrected chi connectivity index (χ0v) is 13.6. The fourth-order valence-electron chi connectivity index (χ4n) is 3.57. The van der Waals surface area contributed by atoms with Gasteiger partial charge in [-0.05, 0) is 42.4 Å². The van der Waals surface area contributed by atoms with Crippen LogP contribution < -0.4 is 15.4 Å². The number of nitrogens with one attached hydrogen (secondary N) is 2. The monoisotopic (exact) mass is 322 g/mol. The van der Waals surface area contributed by atoms with Gasteiger partial charge in [0.1, 0.15) is 12.4 Å². The van der Waals surface area contributed by atoms with Crippen molar-refractivity contribution in [2.45, 2.75) is 37.3 Å². The van der Waals surface area contributed by atoms with Crippen LogP contribution in [-0.4, -0.2) is 24.7 Å². The lowest BCUT2D eigenvalue weighted by Gasteiger charge is -2.36. The minimum Gasteiger partial charge on any atom is -0.491 e. The average Bonchev–Trinajstić information content (AvgIpc) is 2.58. The van der Waals surface area contributed by atoms with E-state index in [0.29, 0.717) is 12.5 Å². The summed E-state index contributed by atoms with van der Waals surface area (Å²) >= 11 is 0. The Kier molecular flexibility index (Phi) is 4.11. The number of carbonyl (C=O) groups excluding carboxylic acids is 1. The number of benzene rings is 2. The quantitative estimate of drug-likeness (QED) is 0.911. The van der Waals surface area contributed by atoms with Gasteiger partial charge in [0.2, 0.25) is 0 Å². The lowest BCUT2D eigenvalue weighted by atomic mass is 9.76. The summed E-state index contributed by atoms with van der Waals surface area (Å²) in [4.78, 5) is 12.2. The van der Waals surface area contributed by atoms with Crippen LogP contribution >= 0.6 is 0 Å². The molecule has 4 nitrogen and oxygen atoms in total. The molecule has 1 unspecified atom stereocenters. The molecule has 0 aromatic heterocycles. The van der Waals surface area contributed by atoms with E-state index >= 15 is 0 Å². The SMILES string of the molecule is O=C(NC1COc2ccccc2C1)NC1CC(c2ccccc2)C1. The second kappa shape index (κ2) is 6.56. The molecule has 1 atom stereocenters. The summed E-state index contributed by atoms with van der Waals surface area (Å²) in [6.45, 7) is 0.530. The molecule has 0 spiro atoms. The van der Waals surface area contributed by atoms with E-state index < -0.39 is 0 Å². The number of carbonyl (C=O) groups is 1. The average molecular weight is 322 g/mol. The third-order valence-corrected chi connectivity index (χ3v) is 4.96. The maximum absolute atomic E-state index is 12.2. The topological polar surface area (TPSA) is 50.4 Å². The van der Waals surface area contributed by atoms with Crippen molar-refractivity contribution in [2.75, 3.05) is 6.61 Å². The van der Waals surface area contributed by atoms with E-state index in [1.807, 2.05) is 24.3 Å². The highest BCUT2D eigenvalue weighted by atomic mass is 16.5. The van der Waals surface area contributed by atoms with Gasteiger partial charge in [-0.3, -0.25) is 0 Å². The maximum atomic E-state index is 12.2. The van der Waals surface area contributed by atoms with Crippen molar-refractivity contribution in [2.24, 2.45) is 0 Å². The molecule has 2 aromatic rings. The smallest absolute Gasteiger partial charge is 0.315 e. The molecular weight excluding hydrogens is 300 g/mol. The molecule has 0 radical (unpaired) electrons. The molecular formula is C20H22N2O2. The van der Waals surface area contributed by atoms with Crippen molar-refractivity contribution in [1.29, 1.82) is 0 Å². The van der Waals surface area contributed by atoms with Crippen LogP contribution in [0.5, 0.6) is 5.75 Å². The van der Waals surface area contributed by atoms with Gasteiger partial charge in [-0.2, -0.15) is 0 Å². The maximum Gasteiger partial charge on any atom is 0.315 e. The summed E-state index contributed by atoms with van der Waals surface area (Å²) in [6, 6.07) is 18.7. The van der Waals surface area contributed by atoms with Gasteiger partial charge in [0.15, 0.2) is 0 Å². The summed E-state index contributed by atoms with van der Waals surface area (Å²) in [5.74, 6) is 1.50. The fourth-order valence-corrected chi connectivity index (χ4v) is 3.57. The van der Waals surface area contributed by atoms with Crippen LogP contribution in [0.15, 0.2) is 54.6 Å². The van der Waals surface area contributed by atoms with Crippen LogP contribution in [0.4, 0.5) is 4.79 Å². The van der Waals surface area contributed by atoms with Crippen LogP contribution in [0.25, 0.3) is 0 Å². The van der Waals surface area contributed by atoms with Crippen LogP contribution in [0, 0.1) is 0 Å². The third-order valence-electron chi connectivity index (χ3n) is 4.96. The number of fused-ring (bicyclic) bond motifs is 1. The summed E-state index contributed by atoms with van der Waals surface area (Å²) in [5.41, 5.74) is 2.52. The van der Waals surface area contributed by atoms with E-state index in [4.69, 9.17) is 4.74 Å². The van der Waals surface area contributed by atoms with Gasteiger partial charge in [-0.25, -0.2) is 4.79 Å². The zero-order valence-electron chi connectivity index (χ0n) is 13.6. The number of ether oxygens (including phenoxy) is 1. The van der Waals surface area contributed by atoms with E-state index in [2.05, 4.69) is 41.0 Å². The molecule has 1 fully saturated rings. The largest absolute Gasteiger partial charge is 0.491 e. The molecule has 24 heavy (non-hydrogen) atoms. The number of hydrogen-bond acceptors (Lipinski definition) is 2. The molecule has 2 amide bonds. The summed E-state index contributed by atoms with van der Waals surface area (Å²) in [5, 5.41) is 6.12. The summed E-state index contributed by atoms with van der Waals surface area (Å²) in [6.07, 6.45) is 2.85. The van der Waals surface area contributed by atoms with Gasteiger partial charge in [0.25, 0.3) is 0 Å². The molecule has 4 heteroatoms. The first-order chi connectivity index (χ1) is 11.8. The van der Waals surface area contributed by atoms with Crippen molar-refractivity contribution >= 4 is 6.03 Å². The molecule has 1 aliphatic heterocycles. The molecule has 124 valence electrons. The molecule has 2 N–H and O–H groups in total. The van der Waals surface area contributed by atoms with Crippen LogP contribution in [0.3, 0.4) is 0 Å². The minimum atomic E-state index is -0.0838. The Bertz CT molecular complexity index is 711. The Morgan fingerprint density at radius 1 is 0.917 bits per heavy atom. The highest BCUT2D eigenvalue weighted by Crippen LogP contribution is 2.36. The van der Waals surface area contributed by atoms with Crippen LogP contribution in [0.1, 0.15) is 29.9 Å². The first kappa shape index (κ1) is 15.1. The van der Waals surface area contributed by atoms with Gasteiger partial charge in [0.05, 0.1) is 6.04 Å². The zero-order chi connectivity index (χ0) is 16.4. The Labute approximate surface area is 142 Å². The lowest BCUT2D eigenvalue weighted by molar-refractivity contribution is 0.202. The second-order valence-corrected chi connectivity index (χ2v) is 6.71. The third kappa shape index (κ3) is 3.23. The Morgan fingerprint density at radius 2 is 1.62 bits per heavy atom. The van der Waals surface area contributed by atoms with Gasteiger partial charge in [0, 0.05) is 6.04 Å². The van der Waals surface area contributed by atoms with E-state index in [1.54, 1.807) is 0 Å². The van der Waals surface area contributed by atoms with Gasteiger partial charge in [-0.15, -0.1) is 0 Å². The van der Waals surface area contributed by atoms with Gasteiger partial charge >= 0.3 is 6.03 Å². The van der Waals surface area contributed by atoms with E-state index in [1.165, 1.54) is 5.56 Å². The molecule has 1 heterocycles. The van der Waals surface area contributed by atoms with E-state index in [-0.39, 0.29) is 18.1 Å². The number of hydrogen-bond donors (Lipinski definition) is 2. The molecule has 4 rings (SSSR count). The van der Waals surface area contributed by atoms with Gasteiger partial charge in [-0.1, -0.05) is 48.5 Å².